The second-order valence-corrected chi connectivity index (χ2v) is 5.73. The van der Waals surface area contributed by atoms with Crippen molar-refractivity contribution in [1.29, 1.82) is 0 Å². The van der Waals surface area contributed by atoms with E-state index in [1.54, 1.807) is 41.7 Å². The first-order valence-electron chi connectivity index (χ1n) is 7.86. The van der Waals surface area contributed by atoms with Gasteiger partial charge in [0.25, 0.3) is 5.91 Å². The number of nitrogens with one attached hydrogen (secondary N) is 1. The van der Waals surface area contributed by atoms with Crippen molar-refractivity contribution in [3.05, 3.63) is 78.3 Å². The number of aromatic nitrogens is 5. The second-order valence-electron chi connectivity index (χ2n) is 5.73. The predicted octanol–water partition coefficient (Wildman–Crippen LogP) is 2.53. The summed E-state index contributed by atoms with van der Waals surface area (Å²) in [4.78, 5) is 20.7. The lowest BCUT2D eigenvalue weighted by molar-refractivity contribution is 0.102. The highest BCUT2D eigenvalue weighted by Crippen LogP contribution is 2.14. The van der Waals surface area contributed by atoms with Crippen molar-refractivity contribution in [3.8, 4) is 0 Å². The quantitative estimate of drug-likeness (QED) is 0.623. The minimum atomic E-state index is -0.192. The van der Waals surface area contributed by atoms with Crippen LogP contribution in [0.1, 0.15) is 21.6 Å². The topological polar surface area (TPSA) is 77.1 Å². The molecule has 0 aliphatic carbocycles. The van der Waals surface area contributed by atoms with E-state index in [0.717, 1.165) is 16.8 Å². The molecule has 0 spiro atoms. The zero-order valence-corrected chi connectivity index (χ0v) is 13.6. The van der Waals surface area contributed by atoms with Crippen LogP contribution in [0.2, 0.25) is 0 Å². The van der Waals surface area contributed by atoms with E-state index in [0.29, 0.717) is 17.9 Å². The van der Waals surface area contributed by atoms with Crippen molar-refractivity contribution in [1.82, 2.24) is 24.1 Å². The molecule has 7 nitrogen and oxygen atoms in total. The van der Waals surface area contributed by atoms with Gasteiger partial charge in [-0.2, -0.15) is 5.10 Å². The molecule has 25 heavy (non-hydrogen) atoms. The first-order chi connectivity index (χ1) is 12.2. The fourth-order valence-corrected chi connectivity index (χ4v) is 2.74. The van der Waals surface area contributed by atoms with E-state index >= 15 is 0 Å². The van der Waals surface area contributed by atoms with Gasteiger partial charge < -0.3 is 9.72 Å². The van der Waals surface area contributed by atoms with E-state index in [4.69, 9.17) is 0 Å². The van der Waals surface area contributed by atoms with E-state index in [1.165, 1.54) is 0 Å². The molecule has 0 radical (unpaired) electrons. The van der Waals surface area contributed by atoms with Gasteiger partial charge in [0.1, 0.15) is 0 Å². The highest BCUT2D eigenvalue weighted by molar-refractivity contribution is 6.04. The standard InChI is InChI=1S/C18H16N6O/c1-13-16(3-2-15-10-20-12-24(13)15)18(25)21-17-6-9-23(22-17)11-14-4-7-19-8-5-14/h2-10,12H,11H2,1H3,(H,21,22,25). The smallest absolute Gasteiger partial charge is 0.258 e. The first kappa shape index (κ1) is 15.1. The van der Waals surface area contributed by atoms with Crippen LogP contribution in [0, 0.1) is 6.92 Å². The molecule has 4 heterocycles. The van der Waals surface area contributed by atoms with Crippen molar-refractivity contribution >= 4 is 17.2 Å². The number of carbonyl (C=O) groups excluding carboxylic acids is 1. The summed E-state index contributed by atoms with van der Waals surface area (Å²) in [6.07, 6.45) is 8.79. The number of carbonyl (C=O) groups is 1. The largest absolute Gasteiger partial charge is 0.305 e. The van der Waals surface area contributed by atoms with Crippen molar-refractivity contribution in [3.63, 3.8) is 0 Å². The highest BCUT2D eigenvalue weighted by atomic mass is 16.1. The molecular formula is C18H16N6O. The fraction of sp³-hybridized carbons (Fsp3) is 0.111. The average molecular weight is 332 g/mol. The Balaban J connectivity index is 1.51. The minimum Gasteiger partial charge on any atom is -0.305 e. The fourth-order valence-electron chi connectivity index (χ4n) is 2.74. The zero-order valence-electron chi connectivity index (χ0n) is 13.6. The molecular weight excluding hydrogens is 316 g/mol. The summed E-state index contributed by atoms with van der Waals surface area (Å²) < 4.78 is 3.66. The number of pyridine rings is 2. The van der Waals surface area contributed by atoms with Crippen LogP contribution in [0.5, 0.6) is 0 Å². The van der Waals surface area contributed by atoms with Crippen molar-refractivity contribution < 1.29 is 4.79 Å². The molecule has 0 aliphatic rings. The number of rotatable bonds is 4. The van der Waals surface area contributed by atoms with Gasteiger partial charge in [-0.05, 0) is 36.8 Å². The van der Waals surface area contributed by atoms with Crippen LogP contribution in [0.3, 0.4) is 0 Å². The third-order valence-electron chi connectivity index (χ3n) is 4.06. The number of hydrogen-bond acceptors (Lipinski definition) is 4. The highest BCUT2D eigenvalue weighted by Gasteiger charge is 2.13. The molecule has 4 aromatic rings. The van der Waals surface area contributed by atoms with Gasteiger partial charge in [-0.3, -0.25) is 14.5 Å². The number of fused-ring (bicyclic) bond motifs is 1. The Morgan fingerprint density at radius 3 is 2.80 bits per heavy atom. The lowest BCUT2D eigenvalue weighted by Crippen LogP contribution is -2.15. The van der Waals surface area contributed by atoms with Gasteiger partial charge >= 0.3 is 0 Å². The maximum absolute atomic E-state index is 12.6. The maximum Gasteiger partial charge on any atom is 0.258 e. The molecule has 0 atom stereocenters. The summed E-state index contributed by atoms with van der Waals surface area (Å²) in [6.45, 7) is 2.52. The molecule has 7 heteroatoms. The van der Waals surface area contributed by atoms with Crippen molar-refractivity contribution in [2.45, 2.75) is 13.5 Å². The van der Waals surface area contributed by atoms with Crippen LogP contribution in [0.4, 0.5) is 5.82 Å². The summed E-state index contributed by atoms with van der Waals surface area (Å²) >= 11 is 0. The van der Waals surface area contributed by atoms with Crippen LogP contribution in [0.25, 0.3) is 5.52 Å². The van der Waals surface area contributed by atoms with Gasteiger partial charge in [0.2, 0.25) is 0 Å². The molecule has 4 aromatic heterocycles. The van der Waals surface area contributed by atoms with Gasteiger partial charge in [-0.1, -0.05) is 0 Å². The molecule has 0 bridgehead atoms. The summed E-state index contributed by atoms with van der Waals surface area (Å²) in [5.74, 6) is 0.325. The average Bonchev–Trinajstić information content (AvgIpc) is 3.26. The molecule has 0 saturated heterocycles. The van der Waals surface area contributed by atoms with Gasteiger partial charge in [-0.15, -0.1) is 0 Å². The molecule has 0 saturated carbocycles. The van der Waals surface area contributed by atoms with Crippen molar-refractivity contribution in [2.24, 2.45) is 0 Å². The van der Waals surface area contributed by atoms with E-state index in [2.05, 4.69) is 20.4 Å². The normalized spacial score (nSPS) is 10.9. The Kier molecular flexibility index (Phi) is 3.74. The summed E-state index contributed by atoms with van der Waals surface area (Å²) in [5, 5.41) is 7.24. The SMILES string of the molecule is Cc1c(C(=O)Nc2ccn(Cc3ccncc3)n2)ccc2cncn12. The van der Waals surface area contributed by atoms with Crippen LogP contribution in [-0.2, 0) is 6.54 Å². The van der Waals surface area contributed by atoms with Gasteiger partial charge in [0.05, 0.1) is 30.1 Å². The summed E-state index contributed by atoms with van der Waals surface area (Å²) in [6, 6.07) is 9.32. The number of aryl methyl sites for hydroxylation is 1. The molecule has 0 aromatic carbocycles. The van der Waals surface area contributed by atoms with Crippen molar-refractivity contribution in [2.75, 3.05) is 5.32 Å². The zero-order chi connectivity index (χ0) is 17.2. The van der Waals surface area contributed by atoms with Crippen LogP contribution < -0.4 is 5.32 Å². The molecule has 124 valence electrons. The summed E-state index contributed by atoms with van der Waals surface area (Å²) in [7, 11) is 0. The third-order valence-corrected chi connectivity index (χ3v) is 4.06. The molecule has 0 aliphatic heterocycles. The molecule has 4 rings (SSSR count). The molecule has 0 fully saturated rings. The van der Waals surface area contributed by atoms with E-state index < -0.39 is 0 Å². The Hall–Kier alpha value is -3.48. The lowest BCUT2D eigenvalue weighted by Gasteiger charge is -2.08. The van der Waals surface area contributed by atoms with Crippen LogP contribution in [0.15, 0.2) is 61.4 Å². The number of hydrogen-bond donors (Lipinski definition) is 1. The Labute approximate surface area is 144 Å². The molecule has 1 N–H and O–H groups in total. The van der Waals surface area contributed by atoms with E-state index in [-0.39, 0.29) is 5.91 Å². The third kappa shape index (κ3) is 2.99. The number of amides is 1. The Bertz CT molecular complexity index is 1030. The van der Waals surface area contributed by atoms with Crippen LogP contribution in [-0.4, -0.2) is 30.1 Å². The van der Waals surface area contributed by atoms with Gasteiger partial charge in [0.15, 0.2) is 5.82 Å². The minimum absolute atomic E-state index is 0.192. The number of anilines is 1. The Morgan fingerprint density at radius 1 is 1.12 bits per heavy atom. The van der Waals surface area contributed by atoms with Crippen LogP contribution >= 0.6 is 0 Å². The molecule has 0 unspecified atom stereocenters. The summed E-state index contributed by atoms with van der Waals surface area (Å²) in [5.41, 5.74) is 3.48. The number of imidazole rings is 1. The number of nitrogens with zero attached hydrogens (tertiary/aromatic N) is 5. The Morgan fingerprint density at radius 2 is 1.96 bits per heavy atom. The van der Waals surface area contributed by atoms with E-state index in [1.807, 2.05) is 35.7 Å². The lowest BCUT2D eigenvalue weighted by atomic mass is 10.2. The first-order valence-corrected chi connectivity index (χ1v) is 7.86. The maximum atomic E-state index is 12.6. The predicted molar refractivity (Wildman–Crippen MR) is 93.4 cm³/mol. The van der Waals surface area contributed by atoms with E-state index in [9.17, 15) is 4.79 Å². The monoisotopic (exact) mass is 332 g/mol. The van der Waals surface area contributed by atoms with Gasteiger partial charge in [-0.25, -0.2) is 4.98 Å². The molecule has 1 amide bonds. The second kappa shape index (κ2) is 6.20. The van der Waals surface area contributed by atoms with Gasteiger partial charge in [0, 0.05) is 30.4 Å².